The summed E-state index contributed by atoms with van der Waals surface area (Å²) in [5, 5.41) is 8.99. The number of nitrogens with zero attached hydrogens (tertiary/aromatic N) is 1. The lowest BCUT2D eigenvalue weighted by atomic mass is 9.75. The Kier molecular flexibility index (Phi) is 1.83. The zero-order valence-electron chi connectivity index (χ0n) is 7.36. The SMILES string of the molecule is CN1C2CCC(CC2)C1C(=O)O. The van der Waals surface area contributed by atoms with E-state index < -0.39 is 5.97 Å². The van der Waals surface area contributed by atoms with Gasteiger partial charge in [-0.25, -0.2) is 0 Å². The number of likely N-dealkylation sites (N-methyl/N-ethyl adjacent to an activating group) is 1. The Morgan fingerprint density at radius 2 is 1.92 bits per heavy atom. The highest BCUT2D eigenvalue weighted by Crippen LogP contribution is 2.38. The van der Waals surface area contributed by atoms with Crippen molar-refractivity contribution in [1.82, 2.24) is 4.90 Å². The maximum atomic E-state index is 10.9. The van der Waals surface area contributed by atoms with Crippen LogP contribution in [0.1, 0.15) is 25.7 Å². The molecule has 2 heterocycles. The van der Waals surface area contributed by atoms with Gasteiger partial charge in [0.25, 0.3) is 0 Å². The standard InChI is InChI=1S/C9H15NO2/c1-10-7-4-2-6(3-5-7)8(10)9(11)12/h6-8H,2-5H2,1H3,(H,11,12). The fraction of sp³-hybridized carbons (Fsp3) is 0.889. The van der Waals surface area contributed by atoms with E-state index >= 15 is 0 Å². The van der Waals surface area contributed by atoms with Crippen molar-refractivity contribution in [2.24, 2.45) is 5.92 Å². The minimum absolute atomic E-state index is 0.197. The van der Waals surface area contributed by atoms with Crippen LogP contribution in [0.5, 0.6) is 0 Å². The third-order valence-electron chi connectivity index (χ3n) is 3.46. The minimum atomic E-state index is -0.632. The number of carbonyl (C=O) groups is 1. The predicted octanol–water partition coefficient (Wildman–Crippen LogP) is 0.944. The minimum Gasteiger partial charge on any atom is -0.480 e. The topological polar surface area (TPSA) is 40.5 Å². The van der Waals surface area contributed by atoms with E-state index in [2.05, 4.69) is 4.90 Å². The van der Waals surface area contributed by atoms with Crippen LogP contribution in [0.4, 0.5) is 0 Å². The second-order valence-electron chi connectivity index (χ2n) is 4.02. The van der Waals surface area contributed by atoms with Crippen LogP contribution in [-0.2, 0) is 4.79 Å². The molecule has 2 bridgehead atoms. The Morgan fingerprint density at radius 3 is 2.25 bits per heavy atom. The van der Waals surface area contributed by atoms with Crippen molar-refractivity contribution in [2.75, 3.05) is 7.05 Å². The van der Waals surface area contributed by atoms with Crippen LogP contribution >= 0.6 is 0 Å². The number of hydrogen-bond acceptors (Lipinski definition) is 2. The fourth-order valence-electron chi connectivity index (χ4n) is 2.76. The molecule has 3 aliphatic rings. The number of rotatable bonds is 1. The van der Waals surface area contributed by atoms with Crippen molar-refractivity contribution >= 4 is 5.97 Å². The maximum Gasteiger partial charge on any atom is 0.321 e. The van der Waals surface area contributed by atoms with E-state index in [1.54, 1.807) is 0 Å². The normalized spacial score (nSPS) is 41.6. The second kappa shape index (κ2) is 2.73. The summed E-state index contributed by atoms with van der Waals surface area (Å²) in [5.74, 6) is -0.218. The first kappa shape index (κ1) is 8.05. The van der Waals surface area contributed by atoms with Gasteiger partial charge in [0.2, 0.25) is 0 Å². The highest BCUT2D eigenvalue weighted by Gasteiger charge is 2.43. The lowest BCUT2D eigenvalue weighted by Crippen LogP contribution is -2.56. The number of piperidine rings is 2. The zero-order valence-corrected chi connectivity index (χ0v) is 7.36. The molecule has 0 amide bonds. The smallest absolute Gasteiger partial charge is 0.321 e. The van der Waals surface area contributed by atoms with Crippen LogP contribution in [-0.4, -0.2) is 35.1 Å². The number of fused-ring (bicyclic) bond motifs is 3. The van der Waals surface area contributed by atoms with E-state index in [1.165, 1.54) is 12.8 Å². The molecule has 1 atom stereocenters. The molecular formula is C9H15NO2. The summed E-state index contributed by atoms with van der Waals surface area (Å²) in [7, 11) is 1.95. The average molecular weight is 169 g/mol. The summed E-state index contributed by atoms with van der Waals surface area (Å²) in [4.78, 5) is 13.0. The molecule has 1 N–H and O–H groups in total. The van der Waals surface area contributed by atoms with Gasteiger partial charge in [-0.1, -0.05) is 0 Å². The summed E-state index contributed by atoms with van der Waals surface area (Å²) in [5.41, 5.74) is 0. The van der Waals surface area contributed by atoms with Crippen LogP contribution < -0.4 is 0 Å². The number of carboxylic acid groups (broad SMARTS) is 1. The Bertz CT molecular complexity index is 195. The van der Waals surface area contributed by atoms with Crippen LogP contribution in [0.2, 0.25) is 0 Å². The van der Waals surface area contributed by atoms with E-state index in [4.69, 9.17) is 5.11 Å². The van der Waals surface area contributed by atoms with Gasteiger partial charge in [0.15, 0.2) is 0 Å². The fourth-order valence-corrected chi connectivity index (χ4v) is 2.76. The van der Waals surface area contributed by atoms with Gasteiger partial charge in [-0.05, 0) is 38.6 Å². The molecule has 1 saturated carbocycles. The first-order chi connectivity index (χ1) is 5.70. The van der Waals surface area contributed by atoms with Crippen molar-refractivity contribution < 1.29 is 9.90 Å². The number of hydrogen-bond donors (Lipinski definition) is 1. The van der Waals surface area contributed by atoms with Crippen LogP contribution in [0.25, 0.3) is 0 Å². The van der Waals surface area contributed by atoms with E-state index in [9.17, 15) is 4.79 Å². The van der Waals surface area contributed by atoms with Crippen molar-refractivity contribution in [1.29, 1.82) is 0 Å². The molecule has 68 valence electrons. The summed E-state index contributed by atoms with van der Waals surface area (Å²) in [6.45, 7) is 0. The lowest BCUT2D eigenvalue weighted by Gasteiger charge is -2.47. The molecule has 1 aliphatic carbocycles. The van der Waals surface area contributed by atoms with Crippen molar-refractivity contribution in [2.45, 2.75) is 37.8 Å². The molecule has 3 rings (SSSR count). The first-order valence-corrected chi connectivity index (χ1v) is 4.65. The molecular weight excluding hydrogens is 154 g/mol. The maximum absolute atomic E-state index is 10.9. The van der Waals surface area contributed by atoms with E-state index in [1.807, 2.05) is 7.05 Å². The lowest BCUT2D eigenvalue weighted by molar-refractivity contribution is -0.151. The van der Waals surface area contributed by atoms with Gasteiger partial charge >= 0.3 is 5.97 Å². The van der Waals surface area contributed by atoms with Gasteiger partial charge in [-0.2, -0.15) is 0 Å². The third-order valence-corrected chi connectivity index (χ3v) is 3.46. The Hall–Kier alpha value is -0.570. The molecule has 0 radical (unpaired) electrons. The zero-order chi connectivity index (χ0) is 8.72. The molecule has 0 aromatic carbocycles. The molecule has 2 aliphatic heterocycles. The molecule has 0 spiro atoms. The van der Waals surface area contributed by atoms with E-state index in [0.717, 1.165) is 12.8 Å². The van der Waals surface area contributed by atoms with Crippen LogP contribution in [0.3, 0.4) is 0 Å². The quantitative estimate of drug-likeness (QED) is 0.635. The predicted molar refractivity (Wildman–Crippen MR) is 44.9 cm³/mol. The largest absolute Gasteiger partial charge is 0.480 e. The van der Waals surface area contributed by atoms with Crippen molar-refractivity contribution in [3.63, 3.8) is 0 Å². The van der Waals surface area contributed by atoms with Crippen molar-refractivity contribution in [3.05, 3.63) is 0 Å². The van der Waals surface area contributed by atoms with Crippen LogP contribution in [0.15, 0.2) is 0 Å². The third kappa shape index (κ3) is 1.04. The molecule has 0 aromatic heterocycles. The summed E-state index contributed by atoms with van der Waals surface area (Å²) < 4.78 is 0. The van der Waals surface area contributed by atoms with E-state index in [0.29, 0.717) is 12.0 Å². The van der Waals surface area contributed by atoms with Gasteiger partial charge in [0.1, 0.15) is 6.04 Å². The Labute approximate surface area is 72.4 Å². The average Bonchev–Trinajstić information content (AvgIpc) is 2.05. The molecule has 12 heavy (non-hydrogen) atoms. The van der Waals surface area contributed by atoms with Crippen molar-refractivity contribution in [3.8, 4) is 0 Å². The van der Waals surface area contributed by atoms with Crippen LogP contribution in [0, 0.1) is 5.92 Å². The molecule has 0 aromatic rings. The number of aliphatic carboxylic acids is 1. The van der Waals surface area contributed by atoms with Gasteiger partial charge in [0.05, 0.1) is 0 Å². The highest BCUT2D eigenvalue weighted by molar-refractivity contribution is 5.74. The summed E-state index contributed by atoms with van der Waals surface area (Å²) in [6, 6.07) is 0.341. The summed E-state index contributed by atoms with van der Waals surface area (Å²) >= 11 is 0. The Balaban J connectivity index is 2.18. The van der Waals surface area contributed by atoms with E-state index in [-0.39, 0.29) is 6.04 Å². The summed E-state index contributed by atoms with van der Waals surface area (Å²) in [6.07, 6.45) is 4.63. The highest BCUT2D eigenvalue weighted by atomic mass is 16.4. The first-order valence-electron chi connectivity index (χ1n) is 4.65. The molecule has 3 fully saturated rings. The van der Waals surface area contributed by atoms with Gasteiger partial charge < -0.3 is 5.11 Å². The molecule has 3 heteroatoms. The number of carboxylic acids is 1. The van der Waals surface area contributed by atoms with Gasteiger partial charge in [0, 0.05) is 6.04 Å². The van der Waals surface area contributed by atoms with Gasteiger partial charge in [-0.15, -0.1) is 0 Å². The van der Waals surface area contributed by atoms with Gasteiger partial charge in [-0.3, -0.25) is 9.69 Å². The Morgan fingerprint density at radius 1 is 1.33 bits per heavy atom. The molecule has 2 saturated heterocycles. The molecule has 3 nitrogen and oxygen atoms in total. The monoisotopic (exact) mass is 169 g/mol. The molecule has 1 unspecified atom stereocenters. The second-order valence-corrected chi connectivity index (χ2v) is 4.02.